The summed E-state index contributed by atoms with van der Waals surface area (Å²) in [6.07, 6.45) is 5.45. The van der Waals surface area contributed by atoms with Crippen LogP contribution in [0.25, 0.3) is 0 Å². The predicted octanol–water partition coefficient (Wildman–Crippen LogP) is 1.81. The molecule has 0 aromatic carbocycles. The number of nitrogens with one attached hydrogen (secondary N) is 2. The fourth-order valence-corrected chi connectivity index (χ4v) is 2.96. The number of anilines is 1. The van der Waals surface area contributed by atoms with Gasteiger partial charge in [0, 0.05) is 17.7 Å². The number of ether oxygens (including phenoxy) is 1. The molecule has 0 radical (unpaired) electrons. The Hall–Kier alpha value is -1.85. The van der Waals surface area contributed by atoms with Crippen LogP contribution in [0.2, 0.25) is 0 Å². The molecule has 6 nitrogen and oxygen atoms in total. The molecule has 2 N–H and O–H groups in total. The second kappa shape index (κ2) is 5.26. The quantitative estimate of drug-likeness (QED) is 0.822. The molecule has 20 heavy (non-hydrogen) atoms. The molecule has 2 atom stereocenters. The summed E-state index contributed by atoms with van der Waals surface area (Å²) in [5, 5.41) is 9.90. The number of carbonyl (C=O) groups is 2. The fourth-order valence-electron chi connectivity index (χ4n) is 2.96. The first-order chi connectivity index (χ1) is 9.69. The molecular formula is C14H19N3O3. The van der Waals surface area contributed by atoms with Gasteiger partial charge in [-0.05, 0) is 19.3 Å². The SMILES string of the molecule is COC(=O)[C@H]1C[C@H]1C(=O)Nc1cc(C2CCCC2)[nH]n1. The van der Waals surface area contributed by atoms with Crippen molar-refractivity contribution in [3.8, 4) is 0 Å². The van der Waals surface area contributed by atoms with Crippen molar-refractivity contribution in [3.63, 3.8) is 0 Å². The molecule has 6 heteroatoms. The molecule has 108 valence electrons. The van der Waals surface area contributed by atoms with E-state index in [0.29, 0.717) is 18.2 Å². The number of rotatable bonds is 4. The van der Waals surface area contributed by atoms with Crippen LogP contribution in [0.5, 0.6) is 0 Å². The highest BCUT2D eigenvalue weighted by Gasteiger charge is 2.49. The Balaban J connectivity index is 1.56. The van der Waals surface area contributed by atoms with E-state index in [-0.39, 0.29) is 23.7 Å². The zero-order valence-corrected chi connectivity index (χ0v) is 11.5. The van der Waals surface area contributed by atoms with Crippen LogP contribution in [0, 0.1) is 11.8 Å². The first kappa shape index (κ1) is 13.1. The van der Waals surface area contributed by atoms with Crippen molar-refractivity contribution in [1.29, 1.82) is 0 Å². The number of aromatic amines is 1. The Kier molecular flexibility index (Phi) is 3.46. The van der Waals surface area contributed by atoms with Crippen molar-refractivity contribution in [2.24, 2.45) is 11.8 Å². The van der Waals surface area contributed by atoms with E-state index in [0.717, 1.165) is 5.69 Å². The third-order valence-electron chi connectivity index (χ3n) is 4.28. The average Bonchev–Trinajstić information content (AvgIpc) is 2.87. The number of amides is 1. The Morgan fingerprint density at radius 1 is 1.35 bits per heavy atom. The van der Waals surface area contributed by atoms with E-state index < -0.39 is 0 Å². The number of hydrogen-bond acceptors (Lipinski definition) is 4. The molecule has 2 aliphatic rings. The maximum absolute atomic E-state index is 12.0. The van der Waals surface area contributed by atoms with Gasteiger partial charge < -0.3 is 10.1 Å². The zero-order valence-electron chi connectivity index (χ0n) is 11.5. The molecule has 2 saturated carbocycles. The lowest BCUT2D eigenvalue weighted by atomic mass is 10.0. The number of carbonyl (C=O) groups excluding carboxylic acids is 2. The molecule has 0 unspecified atom stereocenters. The van der Waals surface area contributed by atoms with E-state index in [1.54, 1.807) is 0 Å². The highest BCUT2D eigenvalue weighted by molar-refractivity contribution is 5.97. The molecule has 1 aromatic heterocycles. The third kappa shape index (κ3) is 2.55. The van der Waals surface area contributed by atoms with Gasteiger partial charge in [0.2, 0.25) is 5.91 Å². The minimum atomic E-state index is -0.307. The van der Waals surface area contributed by atoms with E-state index in [1.165, 1.54) is 32.8 Å². The third-order valence-corrected chi connectivity index (χ3v) is 4.28. The minimum Gasteiger partial charge on any atom is -0.469 e. The largest absolute Gasteiger partial charge is 0.469 e. The molecule has 0 saturated heterocycles. The van der Waals surface area contributed by atoms with Gasteiger partial charge >= 0.3 is 5.97 Å². The summed E-state index contributed by atoms with van der Waals surface area (Å²) < 4.78 is 4.64. The standard InChI is InChI=1S/C14H19N3O3/c1-20-14(19)10-6-9(10)13(18)15-12-7-11(16-17-12)8-4-2-3-5-8/h7-10H,2-6H2,1H3,(H2,15,16,17,18)/t9-,10+/m1/s1. The van der Waals surface area contributed by atoms with Gasteiger partial charge in [0.1, 0.15) is 0 Å². The van der Waals surface area contributed by atoms with Crippen LogP contribution >= 0.6 is 0 Å². The summed E-state index contributed by atoms with van der Waals surface area (Å²) in [6, 6.07) is 1.91. The number of esters is 1. The molecule has 2 aliphatic carbocycles. The van der Waals surface area contributed by atoms with Crippen LogP contribution in [-0.4, -0.2) is 29.2 Å². The molecule has 0 bridgehead atoms. The summed E-state index contributed by atoms with van der Waals surface area (Å²) in [5.41, 5.74) is 1.10. The maximum atomic E-state index is 12.0. The van der Waals surface area contributed by atoms with Gasteiger partial charge in [0.15, 0.2) is 5.82 Å². The van der Waals surface area contributed by atoms with Crippen LogP contribution in [0.1, 0.15) is 43.7 Å². The normalized spacial score (nSPS) is 25.4. The van der Waals surface area contributed by atoms with Gasteiger partial charge in [0.25, 0.3) is 0 Å². The molecule has 1 heterocycles. The molecule has 2 fully saturated rings. The van der Waals surface area contributed by atoms with Gasteiger partial charge in [-0.15, -0.1) is 0 Å². The van der Waals surface area contributed by atoms with E-state index in [2.05, 4.69) is 20.3 Å². The fraction of sp³-hybridized carbons (Fsp3) is 0.643. The Bertz CT molecular complexity index is 519. The molecule has 1 amide bonds. The number of aromatic nitrogens is 2. The summed E-state index contributed by atoms with van der Waals surface area (Å²) in [5.74, 6) is 0.0790. The molecule has 3 rings (SSSR count). The topological polar surface area (TPSA) is 84.1 Å². The smallest absolute Gasteiger partial charge is 0.309 e. The maximum Gasteiger partial charge on any atom is 0.309 e. The molecule has 0 spiro atoms. The van der Waals surface area contributed by atoms with Gasteiger partial charge in [-0.3, -0.25) is 14.7 Å². The van der Waals surface area contributed by atoms with Crippen molar-refractivity contribution >= 4 is 17.7 Å². The predicted molar refractivity (Wildman–Crippen MR) is 72.0 cm³/mol. The van der Waals surface area contributed by atoms with Gasteiger partial charge in [-0.25, -0.2) is 0 Å². The van der Waals surface area contributed by atoms with E-state index >= 15 is 0 Å². The van der Waals surface area contributed by atoms with Crippen LogP contribution in [0.15, 0.2) is 6.07 Å². The second-order valence-electron chi connectivity index (χ2n) is 5.65. The molecular weight excluding hydrogens is 258 g/mol. The average molecular weight is 277 g/mol. The number of methoxy groups -OCH3 is 1. The van der Waals surface area contributed by atoms with Crippen molar-refractivity contribution in [2.45, 2.75) is 38.0 Å². The Morgan fingerprint density at radius 2 is 2.10 bits per heavy atom. The van der Waals surface area contributed by atoms with Crippen molar-refractivity contribution in [3.05, 3.63) is 11.8 Å². The highest BCUT2D eigenvalue weighted by atomic mass is 16.5. The van der Waals surface area contributed by atoms with E-state index in [1.807, 2.05) is 6.07 Å². The summed E-state index contributed by atoms with van der Waals surface area (Å²) in [4.78, 5) is 23.3. The lowest BCUT2D eigenvalue weighted by molar-refractivity contribution is -0.143. The number of H-pyrrole nitrogens is 1. The van der Waals surface area contributed by atoms with Crippen molar-refractivity contribution in [1.82, 2.24) is 10.2 Å². The van der Waals surface area contributed by atoms with Crippen molar-refractivity contribution < 1.29 is 14.3 Å². The van der Waals surface area contributed by atoms with Crippen molar-refractivity contribution in [2.75, 3.05) is 12.4 Å². The van der Waals surface area contributed by atoms with Gasteiger partial charge in [-0.1, -0.05) is 12.8 Å². The van der Waals surface area contributed by atoms with Gasteiger partial charge in [-0.2, -0.15) is 5.10 Å². The first-order valence-corrected chi connectivity index (χ1v) is 7.13. The van der Waals surface area contributed by atoms with E-state index in [9.17, 15) is 9.59 Å². The molecule has 0 aliphatic heterocycles. The number of nitrogens with zero attached hydrogens (tertiary/aromatic N) is 1. The summed E-state index contributed by atoms with van der Waals surface area (Å²) >= 11 is 0. The van der Waals surface area contributed by atoms with Gasteiger partial charge in [0.05, 0.1) is 18.9 Å². The second-order valence-corrected chi connectivity index (χ2v) is 5.65. The lowest BCUT2D eigenvalue weighted by Crippen LogP contribution is -2.17. The summed E-state index contributed by atoms with van der Waals surface area (Å²) in [7, 11) is 1.34. The van der Waals surface area contributed by atoms with Crippen LogP contribution in [0.3, 0.4) is 0 Å². The number of hydrogen-bond donors (Lipinski definition) is 2. The monoisotopic (exact) mass is 277 g/mol. The highest BCUT2D eigenvalue weighted by Crippen LogP contribution is 2.40. The lowest BCUT2D eigenvalue weighted by Gasteiger charge is -2.03. The minimum absolute atomic E-state index is 0.148. The summed E-state index contributed by atoms with van der Waals surface area (Å²) in [6.45, 7) is 0. The van der Waals surface area contributed by atoms with Crippen LogP contribution in [0.4, 0.5) is 5.82 Å². The Labute approximate surface area is 117 Å². The zero-order chi connectivity index (χ0) is 14.1. The molecule has 1 aromatic rings. The van der Waals surface area contributed by atoms with Crippen LogP contribution in [-0.2, 0) is 14.3 Å². The first-order valence-electron chi connectivity index (χ1n) is 7.13. The van der Waals surface area contributed by atoms with Crippen LogP contribution < -0.4 is 5.32 Å². The Morgan fingerprint density at radius 3 is 2.80 bits per heavy atom. The van der Waals surface area contributed by atoms with E-state index in [4.69, 9.17) is 0 Å².